The van der Waals surface area contributed by atoms with Crippen molar-refractivity contribution in [2.75, 3.05) is 14.2 Å². The molecular formula is C23H25N3O3S. The SMILES string of the molecule is COc1cncc(OC)c1C1CCCC(C=O)N1Cc1cccc(-c2nccs2)c1. The molecule has 3 heterocycles. The molecule has 2 aromatic heterocycles. The number of hydrogen-bond acceptors (Lipinski definition) is 7. The molecule has 0 bridgehead atoms. The van der Waals surface area contributed by atoms with Crippen LogP contribution in [0.5, 0.6) is 11.5 Å². The minimum atomic E-state index is -0.158. The van der Waals surface area contributed by atoms with E-state index in [-0.39, 0.29) is 12.1 Å². The van der Waals surface area contributed by atoms with Crippen LogP contribution >= 0.6 is 11.3 Å². The van der Waals surface area contributed by atoms with E-state index in [9.17, 15) is 4.79 Å². The zero-order valence-corrected chi connectivity index (χ0v) is 18.0. The third kappa shape index (κ3) is 4.08. The molecule has 156 valence electrons. The quantitative estimate of drug-likeness (QED) is 0.521. The maximum Gasteiger partial charge on any atom is 0.145 e. The van der Waals surface area contributed by atoms with Gasteiger partial charge in [-0.1, -0.05) is 18.2 Å². The van der Waals surface area contributed by atoms with Gasteiger partial charge < -0.3 is 14.3 Å². The summed E-state index contributed by atoms with van der Waals surface area (Å²) in [5.41, 5.74) is 3.20. The van der Waals surface area contributed by atoms with Gasteiger partial charge in [-0.2, -0.15) is 0 Å². The molecule has 2 atom stereocenters. The second-order valence-electron chi connectivity index (χ2n) is 7.32. The standard InChI is InChI=1S/C23H25N3O3S/c1-28-20-12-24-13-21(29-2)22(20)19-8-4-7-18(15-27)26(19)14-16-5-3-6-17(11-16)23-25-9-10-30-23/h3,5-6,9-13,15,18-19H,4,7-8,14H2,1-2H3. The van der Waals surface area contributed by atoms with Crippen molar-refractivity contribution in [3.63, 3.8) is 0 Å². The number of carbonyl (C=O) groups excluding carboxylic acids is 1. The summed E-state index contributed by atoms with van der Waals surface area (Å²) in [4.78, 5) is 22.9. The molecule has 0 saturated carbocycles. The minimum Gasteiger partial charge on any atom is -0.495 e. The number of aromatic nitrogens is 2. The number of nitrogens with zero attached hydrogens (tertiary/aromatic N) is 3. The third-order valence-corrected chi connectivity index (χ3v) is 6.44. The fourth-order valence-electron chi connectivity index (χ4n) is 4.23. The predicted molar refractivity (Wildman–Crippen MR) is 117 cm³/mol. The molecule has 0 radical (unpaired) electrons. The van der Waals surface area contributed by atoms with Crippen LogP contribution < -0.4 is 9.47 Å². The fraction of sp³-hybridized carbons (Fsp3) is 0.348. The van der Waals surface area contributed by atoms with Crippen LogP contribution in [-0.2, 0) is 11.3 Å². The third-order valence-electron chi connectivity index (χ3n) is 5.62. The van der Waals surface area contributed by atoms with E-state index in [1.165, 1.54) is 0 Å². The molecule has 1 aliphatic heterocycles. The number of piperidine rings is 1. The number of pyridine rings is 1. The van der Waals surface area contributed by atoms with Gasteiger partial charge in [-0.15, -0.1) is 11.3 Å². The van der Waals surface area contributed by atoms with Crippen molar-refractivity contribution < 1.29 is 14.3 Å². The van der Waals surface area contributed by atoms with Crippen LogP contribution in [0.2, 0.25) is 0 Å². The second-order valence-corrected chi connectivity index (χ2v) is 8.21. The first-order chi connectivity index (χ1) is 14.7. The highest BCUT2D eigenvalue weighted by Crippen LogP contribution is 2.43. The molecule has 0 spiro atoms. The summed E-state index contributed by atoms with van der Waals surface area (Å²) in [6.45, 7) is 0.655. The van der Waals surface area contributed by atoms with Crippen molar-refractivity contribution in [1.82, 2.24) is 14.9 Å². The number of carbonyl (C=O) groups is 1. The Hall–Kier alpha value is -2.77. The Morgan fingerprint density at radius 1 is 1.20 bits per heavy atom. The van der Waals surface area contributed by atoms with Crippen LogP contribution in [0, 0.1) is 0 Å². The Morgan fingerprint density at radius 2 is 2.00 bits per heavy atom. The molecular weight excluding hydrogens is 398 g/mol. The summed E-state index contributed by atoms with van der Waals surface area (Å²) < 4.78 is 11.2. The molecule has 0 N–H and O–H groups in total. The van der Waals surface area contributed by atoms with Gasteiger partial charge in [0.05, 0.1) is 38.2 Å². The fourth-order valence-corrected chi connectivity index (χ4v) is 4.87. The summed E-state index contributed by atoms with van der Waals surface area (Å²) in [5, 5.41) is 2.98. The molecule has 4 rings (SSSR count). The molecule has 1 saturated heterocycles. The van der Waals surface area contributed by atoms with Crippen molar-refractivity contribution in [3.05, 3.63) is 59.4 Å². The van der Waals surface area contributed by atoms with Crippen molar-refractivity contribution in [2.24, 2.45) is 0 Å². The van der Waals surface area contributed by atoms with E-state index >= 15 is 0 Å². The molecule has 1 aromatic carbocycles. The maximum absolute atomic E-state index is 12.0. The first-order valence-electron chi connectivity index (χ1n) is 10.0. The lowest BCUT2D eigenvalue weighted by atomic mass is 9.90. The number of rotatable bonds is 7. The van der Waals surface area contributed by atoms with Gasteiger partial charge >= 0.3 is 0 Å². The van der Waals surface area contributed by atoms with Gasteiger partial charge in [0, 0.05) is 29.7 Å². The highest BCUT2D eigenvalue weighted by Gasteiger charge is 2.35. The first kappa shape index (κ1) is 20.5. The van der Waals surface area contributed by atoms with Crippen LogP contribution in [0.25, 0.3) is 10.6 Å². The van der Waals surface area contributed by atoms with Gasteiger partial charge in [-0.25, -0.2) is 4.98 Å². The van der Waals surface area contributed by atoms with E-state index in [2.05, 4.69) is 39.1 Å². The van der Waals surface area contributed by atoms with Crippen LogP contribution in [0.15, 0.2) is 48.2 Å². The molecule has 1 fully saturated rings. The lowest BCUT2D eigenvalue weighted by molar-refractivity contribution is -0.115. The smallest absolute Gasteiger partial charge is 0.145 e. The largest absolute Gasteiger partial charge is 0.495 e. The van der Waals surface area contributed by atoms with Crippen molar-refractivity contribution in [1.29, 1.82) is 0 Å². The summed E-state index contributed by atoms with van der Waals surface area (Å²) in [6, 6.07) is 8.23. The molecule has 3 aromatic rings. The molecule has 7 heteroatoms. The Kier molecular flexibility index (Phi) is 6.40. The zero-order valence-electron chi connectivity index (χ0n) is 17.2. The summed E-state index contributed by atoms with van der Waals surface area (Å²) in [6.07, 6.45) is 9.05. The number of thiazole rings is 1. The van der Waals surface area contributed by atoms with Crippen LogP contribution in [0.1, 0.15) is 36.4 Å². The molecule has 30 heavy (non-hydrogen) atoms. The second kappa shape index (κ2) is 9.36. The normalized spacial score (nSPS) is 19.4. The number of hydrogen-bond donors (Lipinski definition) is 0. The van der Waals surface area contributed by atoms with Gasteiger partial charge in [0.1, 0.15) is 22.8 Å². The minimum absolute atomic E-state index is 0.00497. The highest BCUT2D eigenvalue weighted by atomic mass is 32.1. The van der Waals surface area contributed by atoms with Gasteiger partial charge in [-0.05, 0) is 30.9 Å². The summed E-state index contributed by atoms with van der Waals surface area (Å²) >= 11 is 1.62. The van der Waals surface area contributed by atoms with Crippen LogP contribution in [-0.4, -0.2) is 41.4 Å². The van der Waals surface area contributed by atoms with E-state index in [1.807, 2.05) is 11.6 Å². The Balaban J connectivity index is 1.71. The lowest BCUT2D eigenvalue weighted by Gasteiger charge is -2.40. The van der Waals surface area contributed by atoms with E-state index in [4.69, 9.17) is 9.47 Å². The first-order valence-corrected chi connectivity index (χ1v) is 10.9. The Morgan fingerprint density at radius 3 is 2.67 bits per heavy atom. The van der Waals surface area contributed by atoms with Crippen molar-refractivity contribution >= 4 is 17.6 Å². The van der Waals surface area contributed by atoms with E-state index < -0.39 is 0 Å². The van der Waals surface area contributed by atoms with Crippen molar-refractivity contribution in [3.8, 4) is 22.1 Å². The highest BCUT2D eigenvalue weighted by molar-refractivity contribution is 7.13. The van der Waals surface area contributed by atoms with Gasteiger partial charge in [0.25, 0.3) is 0 Å². The predicted octanol–water partition coefficient (Wildman–Crippen LogP) is 4.52. The lowest BCUT2D eigenvalue weighted by Crippen LogP contribution is -2.42. The summed E-state index contributed by atoms with van der Waals surface area (Å²) in [7, 11) is 3.28. The molecule has 0 amide bonds. The molecule has 6 nitrogen and oxygen atoms in total. The van der Waals surface area contributed by atoms with E-state index in [0.29, 0.717) is 18.0 Å². The number of ether oxygens (including phenoxy) is 2. The Labute approximate surface area is 180 Å². The average Bonchev–Trinajstić information content (AvgIpc) is 3.34. The number of benzene rings is 1. The van der Waals surface area contributed by atoms with Crippen LogP contribution in [0.4, 0.5) is 0 Å². The van der Waals surface area contributed by atoms with Gasteiger partial charge in [0.15, 0.2) is 0 Å². The molecule has 0 aliphatic carbocycles. The average molecular weight is 424 g/mol. The molecule has 1 aliphatic rings. The van der Waals surface area contributed by atoms with Crippen molar-refractivity contribution in [2.45, 2.75) is 37.9 Å². The topological polar surface area (TPSA) is 64.6 Å². The number of methoxy groups -OCH3 is 2. The van der Waals surface area contributed by atoms with Crippen LogP contribution in [0.3, 0.4) is 0 Å². The number of likely N-dealkylation sites (tertiary alicyclic amines) is 1. The number of aldehydes is 1. The molecule has 2 unspecified atom stereocenters. The Bertz CT molecular complexity index is 971. The van der Waals surface area contributed by atoms with E-state index in [0.717, 1.165) is 47.2 Å². The summed E-state index contributed by atoms with van der Waals surface area (Å²) in [5.74, 6) is 1.37. The van der Waals surface area contributed by atoms with Gasteiger partial charge in [-0.3, -0.25) is 9.88 Å². The van der Waals surface area contributed by atoms with Gasteiger partial charge in [0.2, 0.25) is 0 Å². The monoisotopic (exact) mass is 423 g/mol. The maximum atomic E-state index is 12.0. The van der Waals surface area contributed by atoms with E-state index in [1.54, 1.807) is 38.0 Å². The zero-order chi connectivity index (χ0) is 20.9.